The molecule has 0 radical (unpaired) electrons. The van der Waals surface area contributed by atoms with Crippen LogP contribution < -0.4 is 10.9 Å². The number of ether oxygens (including phenoxy) is 1. The molecular weight excluding hydrogens is 422 g/mol. The molecule has 0 spiro atoms. The van der Waals surface area contributed by atoms with Gasteiger partial charge in [-0.25, -0.2) is 4.98 Å². The number of aromatic nitrogens is 2. The van der Waals surface area contributed by atoms with Crippen LogP contribution in [0.25, 0.3) is 10.9 Å². The molecular formula is C22H22ClN3O3S. The van der Waals surface area contributed by atoms with Gasteiger partial charge in [-0.15, -0.1) is 0 Å². The summed E-state index contributed by atoms with van der Waals surface area (Å²) in [6, 6.07) is 12.7. The average molecular weight is 444 g/mol. The average Bonchev–Trinajstić information content (AvgIpc) is 3.25. The van der Waals surface area contributed by atoms with Crippen molar-refractivity contribution in [1.82, 2.24) is 9.55 Å². The predicted molar refractivity (Wildman–Crippen MR) is 121 cm³/mol. The van der Waals surface area contributed by atoms with Crippen LogP contribution in [0.4, 0.5) is 5.69 Å². The highest BCUT2D eigenvalue weighted by atomic mass is 35.5. The number of nitrogens with one attached hydrogen (secondary N) is 1. The molecule has 1 atom stereocenters. The second-order valence-corrected chi connectivity index (χ2v) is 8.61. The Balaban J connectivity index is 1.55. The number of rotatable bonds is 6. The van der Waals surface area contributed by atoms with Crippen molar-refractivity contribution >= 4 is 45.9 Å². The van der Waals surface area contributed by atoms with Crippen molar-refractivity contribution in [1.29, 1.82) is 0 Å². The lowest BCUT2D eigenvalue weighted by Gasteiger charge is -2.16. The van der Waals surface area contributed by atoms with Crippen molar-refractivity contribution in [3.05, 3.63) is 63.4 Å². The molecule has 1 amide bonds. The Morgan fingerprint density at radius 1 is 1.33 bits per heavy atom. The van der Waals surface area contributed by atoms with E-state index in [9.17, 15) is 9.59 Å². The molecule has 8 heteroatoms. The highest BCUT2D eigenvalue weighted by molar-refractivity contribution is 7.99. The smallest absolute Gasteiger partial charge is 0.262 e. The van der Waals surface area contributed by atoms with Gasteiger partial charge in [-0.3, -0.25) is 14.2 Å². The maximum Gasteiger partial charge on any atom is 0.262 e. The van der Waals surface area contributed by atoms with Gasteiger partial charge in [-0.1, -0.05) is 41.6 Å². The van der Waals surface area contributed by atoms with Gasteiger partial charge in [0.15, 0.2) is 5.16 Å². The second kappa shape index (κ2) is 9.20. The lowest BCUT2D eigenvalue weighted by atomic mass is 10.2. The Bertz CT molecular complexity index is 1140. The van der Waals surface area contributed by atoms with E-state index in [1.54, 1.807) is 16.7 Å². The first-order chi connectivity index (χ1) is 14.5. The number of benzene rings is 2. The summed E-state index contributed by atoms with van der Waals surface area (Å²) in [5.41, 5.74) is 2.10. The molecule has 30 heavy (non-hydrogen) atoms. The van der Waals surface area contributed by atoms with Crippen molar-refractivity contribution in [2.75, 3.05) is 17.7 Å². The SMILES string of the molecule is Cc1ccc(NC(=O)CSc2nc3ccccc3c(=O)n2C[C@@H]2CCCO2)cc1Cl. The Morgan fingerprint density at radius 3 is 2.93 bits per heavy atom. The van der Waals surface area contributed by atoms with E-state index in [2.05, 4.69) is 10.3 Å². The van der Waals surface area contributed by atoms with Gasteiger partial charge in [-0.2, -0.15) is 0 Å². The number of anilines is 1. The van der Waals surface area contributed by atoms with Crippen LogP contribution in [0.3, 0.4) is 0 Å². The number of nitrogens with zero attached hydrogens (tertiary/aromatic N) is 2. The van der Waals surface area contributed by atoms with E-state index in [0.29, 0.717) is 39.9 Å². The fraction of sp³-hybridized carbons (Fsp3) is 0.318. The standard InChI is InChI=1S/C22H22ClN3O3S/c1-14-8-9-15(11-18(14)23)24-20(27)13-30-22-25-19-7-3-2-6-17(19)21(28)26(22)12-16-5-4-10-29-16/h2-3,6-9,11,16H,4-5,10,12-13H2,1H3,(H,24,27)/t16-/m0/s1. The largest absolute Gasteiger partial charge is 0.376 e. The molecule has 1 saturated heterocycles. The number of amides is 1. The minimum atomic E-state index is -0.189. The topological polar surface area (TPSA) is 73.2 Å². The highest BCUT2D eigenvalue weighted by Crippen LogP contribution is 2.23. The predicted octanol–water partition coefficient (Wildman–Crippen LogP) is 4.27. The molecule has 2 heterocycles. The van der Waals surface area contributed by atoms with Gasteiger partial charge < -0.3 is 10.1 Å². The monoisotopic (exact) mass is 443 g/mol. The first-order valence-electron chi connectivity index (χ1n) is 9.81. The van der Waals surface area contributed by atoms with Crippen molar-refractivity contribution in [3.63, 3.8) is 0 Å². The minimum Gasteiger partial charge on any atom is -0.376 e. The lowest BCUT2D eigenvalue weighted by Crippen LogP contribution is -2.29. The van der Waals surface area contributed by atoms with Gasteiger partial charge in [-0.05, 0) is 49.6 Å². The van der Waals surface area contributed by atoms with Crippen LogP contribution in [0.5, 0.6) is 0 Å². The molecule has 6 nitrogen and oxygen atoms in total. The number of para-hydroxylation sites is 1. The summed E-state index contributed by atoms with van der Waals surface area (Å²) in [7, 11) is 0. The molecule has 1 aromatic heterocycles. The number of fused-ring (bicyclic) bond motifs is 1. The third kappa shape index (κ3) is 4.69. The molecule has 0 aliphatic carbocycles. The Hall–Kier alpha value is -2.35. The number of carbonyl (C=O) groups excluding carboxylic acids is 1. The van der Waals surface area contributed by atoms with E-state index in [-0.39, 0.29) is 23.3 Å². The van der Waals surface area contributed by atoms with Crippen LogP contribution in [0.1, 0.15) is 18.4 Å². The van der Waals surface area contributed by atoms with Crippen molar-refractivity contribution in [2.24, 2.45) is 0 Å². The Kier molecular flexibility index (Phi) is 6.41. The maximum absolute atomic E-state index is 13.1. The van der Waals surface area contributed by atoms with Gasteiger partial charge in [0.25, 0.3) is 5.56 Å². The van der Waals surface area contributed by atoms with E-state index in [1.165, 1.54) is 11.8 Å². The second-order valence-electron chi connectivity index (χ2n) is 7.26. The quantitative estimate of drug-likeness (QED) is 0.455. The molecule has 0 bridgehead atoms. The van der Waals surface area contributed by atoms with Gasteiger partial charge in [0.1, 0.15) is 0 Å². The normalized spacial score (nSPS) is 16.1. The van der Waals surface area contributed by atoms with Gasteiger partial charge >= 0.3 is 0 Å². The Morgan fingerprint density at radius 2 is 2.17 bits per heavy atom. The van der Waals surface area contributed by atoms with Crippen LogP contribution in [-0.4, -0.2) is 33.9 Å². The molecule has 1 N–H and O–H groups in total. The molecule has 0 saturated carbocycles. The van der Waals surface area contributed by atoms with E-state index in [4.69, 9.17) is 16.3 Å². The summed E-state index contributed by atoms with van der Waals surface area (Å²) in [4.78, 5) is 30.2. The third-order valence-electron chi connectivity index (χ3n) is 5.02. The summed E-state index contributed by atoms with van der Waals surface area (Å²) in [5, 5.41) is 4.53. The van der Waals surface area contributed by atoms with Gasteiger partial charge in [0, 0.05) is 17.3 Å². The summed E-state index contributed by atoms with van der Waals surface area (Å²) in [5.74, 6) is -0.0621. The zero-order chi connectivity index (χ0) is 21.1. The summed E-state index contributed by atoms with van der Waals surface area (Å²) in [6.45, 7) is 3.06. The Labute approximate surface area is 183 Å². The zero-order valence-electron chi connectivity index (χ0n) is 16.6. The van der Waals surface area contributed by atoms with Crippen molar-refractivity contribution in [2.45, 2.75) is 37.6 Å². The maximum atomic E-state index is 13.1. The number of hydrogen-bond donors (Lipinski definition) is 1. The lowest BCUT2D eigenvalue weighted by molar-refractivity contribution is -0.113. The summed E-state index contributed by atoms with van der Waals surface area (Å²) >= 11 is 7.37. The van der Waals surface area contributed by atoms with Crippen molar-refractivity contribution in [3.8, 4) is 0 Å². The number of carbonyl (C=O) groups is 1. The number of hydrogen-bond acceptors (Lipinski definition) is 5. The number of aryl methyl sites for hydroxylation is 1. The zero-order valence-corrected chi connectivity index (χ0v) is 18.1. The van der Waals surface area contributed by atoms with Crippen LogP contribution in [0.15, 0.2) is 52.4 Å². The molecule has 1 aliphatic rings. The molecule has 0 unspecified atom stereocenters. The number of thioether (sulfide) groups is 1. The summed E-state index contributed by atoms with van der Waals surface area (Å²) < 4.78 is 7.35. The first kappa shape index (κ1) is 20.9. The first-order valence-corrected chi connectivity index (χ1v) is 11.2. The molecule has 1 aliphatic heterocycles. The minimum absolute atomic E-state index is 0.00598. The molecule has 4 rings (SSSR count). The molecule has 156 valence electrons. The third-order valence-corrected chi connectivity index (χ3v) is 6.41. The van der Waals surface area contributed by atoms with Crippen LogP contribution in [0, 0.1) is 6.92 Å². The number of halogens is 1. The van der Waals surface area contributed by atoms with Crippen LogP contribution in [-0.2, 0) is 16.1 Å². The fourth-order valence-corrected chi connectivity index (χ4v) is 4.40. The van der Waals surface area contributed by atoms with Crippen LogP contribution >= 0.6 is 23.4 Å². The van der Waals surface area contributed by atoms with Gasteiger partial charge in [0.05, 0.1) is 29.3 Å². The van der Waals surface area contributed by atoms with Crippen LogP contribution in [0.2, 0.25) is 5.02 Å². The van der Waals surface area contributed by atoms with E-state index >= 15 is 0 Å². The highest BCUT2D eigenvalue weighted by Gasteiger charge is 2.20. The fourth-order valence-electron chi connectivity index (χ4n) is 3.41. The van der Waals surface area contributed by atoms with E-state index < -0.39 is 0 Å². The van der Waals surface area contributed by atoms with E-state index in [1.807, 2.05) is 37.3 Å². The van der Waals surface area contributed by atoms with E-state index in [0.717, 1.165) is 18.4 Å². The molecule has 3 aromatic rings. The molecule has 1 fully saturated rings. The molecule has 2 aromatic carbocycles. The van der Waals surface area contributed by atoms with Crippen molar-refractivity contribution < 1.29 is 9.53 Å². The van der Waals surface area contributed by atoms with Gasteiger partial charge in [0.2, 0.25) is 5.91 Å². The summed E-state index contributed by atoms with van der Waals surface area (Å²) in [6.07, 6.45) is 1.90.